The Kier molecular flexibility index (Phi) is 6.26. The minimum absolute atomic E-state index is 0.0330. The second-order valence-corrected chi connectivity index (χ2v) is 8.14. The Bertz CT molecular complexity index is 644. The highest BCUT2D eigenvalue weighted by Gasteiger charge is 2.23. The van der Waals surface area contributed by atoms with Gasteiger partial charge in [-0.2, -0.15) is 0 Å². The van der Waals surface area contributed by atoms with E-state index in [4.69, 9.17) is 11.6 Å². The van der Waals surface area contributed by atoms with E-state index >= 15 is 0 Å². The summed E-state index contributed by atoms with van der Waals surface area (Å²) in [5.41, 5.74) is 1.15. The molecule has 0 aliphatic heterocycles. The Morgan fingerprint density at radius 1 is 1.32 bits per heavy atom. The molecule has 0 aliphatic carbocycles. The highest BCUT2D eigenvalue weighted by atomic mass is 35.5. The van der Waals surface area contributed by atoms with Crippen molar-refractivity contribution < 1.29 is 13.2 Å². The minimum Gasteiger partial charge on any atom is -0.352 e. The molecular formula is C15H23ClN2O3S. The van der Waals surface area contributed by atoms with Gasteiger partial charge in [0.1, 0.15) is 6.54 Å². The summed E-state index contributed by atoms with van der Waals surface area (Å²) in [7, 11) is -3.59. The molecule has 0 spiro atoms. The van der Waals surface area contributed by atoms with E-state index in [1.807, 2.05) is 20.8 Å². The maximum absolute atomic E-state index is 12.1. The molecule has 1 aromatic carbocycles. The van der Waals surface area contributed by atoms with Gasteiger partial charge in [0.25, 0.3) is 0 Å². The summed E-state index contributed by atoms with van der Waals surface area (Å²) in [6.07, 6.45) is 1.08. The van der Waals surface area contributed by atoms with Gasteiger partial charge in [0, 0.05) is 11.1 Å². The fourth-order valence-corrected chi connectivity index (χ4v) is 2.90. The molecule has 5 nitrogen and oxygen atoms in total. The number of amides is 1. The lowest BCUT2D eigenvalue weighted by molar-refractivity contribution is -0.120. The van der Waals surface area contributed by atoms with E-state index in [0.717, 1.165) is 16.1 Å². The first-order chi connectivity index (χ1) is 10.0. The van der Waals surface area contributed by atoms with Gasteiger partial charge in [-0.3, -0.25) is 9.10 Å². The van der Waals surface area contributed by atoms with Crippen LogP contribution in [0.15, 0.2) is 18.2 Å². The van der Waals surface area contributed by atoms with Crippen molar-refractivity contribution in [1.82, 2.24) is 5.32 Å². The normalized spacial score (nSPS) is 13.0. The number of nitrogens with one attached hydrogen (secondary N) is 1. The average Bonchev–Trinajstić information content (AvgIpc) is 2.37. The Labute approximate surface area is 137 Å². The van der Waals surface area contributed by atoms with Gasteiger partial charge in [0.05, 0.1) is 11.9 Å². The van der Waals surface area contributed by atoms with Crippen molar-refractivity contribution in [2.45, 2.75) is 33.7 Å². The fourth-order valence-electron chi connectivity index (χ4n) is 1.83. The monoisotopic (exact) mass is 346 g/mol. The van der Waals surface area contributed by atoms with Crippen LogP contribution < -0.4 is 9.62 Å². The van der Waals surface area contributed by atoms with Gasteiger partial charge in [-0.25, -0.2) is 8.42 Å². The zero-order chi connectivity index (χ0) is 17.1. The van der Waals surface area contributed by atoms with E-state index < -0.39 is 10.0 Å². The van der Waals surface area contributed by atoms with Crippen LogP contribution in [0.5, 0.6) is 0 Å². The van der Waals surface area contributed by atoms with Crippen LogP contribution in [0, 0.1) is 12.8 Å². The summed E-state index contributed by atoms with van der Waals surface area (Å²) in [6.45, 7) is 7.37. The molecule has 0 bridgehead atoms. The number of aryl methyl sites for hydroxylation is 1. The molecule has 124 valence electrons. The molecule has 0 fully saturated rings. The zero-order valence-corrected chi connectivity index (χ0v) is 15.1. The molecule has 0 heterocycles. The maximum Gasteiger partial charge on any atom is 0.240 e. The Hall–Kier alpha value is -1.27. The van der Waals surface area contributed by atoms with Crippen molar-refractivity contribution in [2.24, 2.45) is 5.92 Å². The van der Waals surface area contributed by atoms with Gasteiger partial charge < -0.3 is 5.32 Å². The summed E-state index contributed by atoms with van der Waals surface area (Å²) in [5, 5.41) is 3.23. The first kappa shape index (κ1) is 18.8. The molecule has 0 unspecified atom stereocenters. The van der Waals surface area contributed by atoms with Gasteiger partial charge in [-0.15, -0.1) is 0 Å². The third-order valence-corrected chi connectivity index (χ3v) is 4.88. The number of benzene rings is 1. The molecule has 0 aliphatic rings. The lowest BCUT2D eigenvalue weighted by Crippen LogP contribution is -2.44. The lowest BCUT2D eigenvalue weighted by Gasteiger charge is -2.25. The standard InChI is InChI=1S/C15H23ClN2O3S/c1-10(2)12(4)17-15(19)9-18(22(5,20)21)14-8-13(16)7-6-11(14)3/h6-8,10,12H,9H2,1-5H3,(H,17,19)/t12-/m1/s1. The molecule has 1 aromatic rings. The summed E-state index contributed by atoms with van der Waals surface area (Å²) < 4.78 is 25.2. The number of carbonyl (C=O) groups is 1. The number of anilines is 1. The van der Waals surface area contributed by atoms with E-state index in [9.17, 15) is 13.2 Å². The predicted octanol–water partition coefficient (Wildman–Crippen LogP) is 2.58. The summed E-state index contributed by atoms with van der Waals surface area (Å²) in [4.78, 5) is 12.1. The van der Waals surface area contributed by atoms with E-state index in [-0.39, 0.29) is 24.4 Å². The average molecular weight is 347 g/mol. The molecule has 1 rings (SSSR count). The smallest absolute Gasteiger partial charge is 0.240 e. The van der Waals surface area contributed by atoms with Gasteiger partial charge in [0.15, 0.2) is 0 Å². The Morgan fingerprint density at radius 2 is 1.91 bits per heavy atom. The van der Waals surface area contributed by atoms with Crippen LogP contribution in [0.1, 0.15) is 26.3 Å². The van der Waals surface area contributed by atoms with E-state index in [0.29, 0.717) is 10.7 Å². The third-order valence-electron chi connectivity index (χ3n) is 3.52. The predicted molar refractivity (Wildman–Crippen MR) is 90.8 cm³/mol. The maximum atomic E-state index is 12.1. The zero-order valence-electron chi connectivity index (χ0n) is 13.6. The molecule has 1 N–H and O–H groups in total. The van der Waals surface area contributed by atoms with Crippen molar-refractivity contribution in [3.8, 4) is 0 Å². The van der Waals surface area contributed by atoms with Crippen LogP contribution in [-0.2, 0) is 14.8 Å². The van der Waals surface area contributed by atoms with Crippen molar-refractivity contribution in [3.63, 3.8) is 0 Å². The summed E-state index contributed by atoms with van der Waals surface area (Å²) in [6, 6.07) is 4.93. The van der Waals surface area contributed by atoms with Gasteiger partial charge in [0.2, 0.25) is 15.9 Å². The molecule has 0 saturated carbocycles. The van der Waals surface area contributed by atoms with Gasteiger partial charge >= 0.3 is 0 Å². The molecular weight excluding hydrogens is 324 g/mol. The molecule has 0 radical (unpaired) electrons. The first-order valence-corrected chi connectivity index (χ1v) is 9.28. The van der Waals surface area contributed by atoms with E-state index in [1.165, 1.54) is 0 Å². The lowest BCUT2D eigenvalue weighted by atomic mass is 10.1. The van der Waals surface area contributed by atoms with E-state index in [2.05, 4.69) is 5.32 Å². The quantitative estimate of drug-likeness (QED) is 0.860. The summed E-state index contributed by atoms with van der Waals surface area (Å²) in [5.74, 6) is -0.0745. The topological polar surface area (TPSA) is 66.5 Å². The van der Waals surface area contributed by atoms with Crippen molar-refractivity contribution in [3.05, 3.63) is 28.8 Å². The van der Waals surface area contributed by atoms with Crippen LogP contribution >= 0.6 is 11.6 Å². The van der Waals surface area contributed by atoms with Gasteiger partial charge in [-0.1, -0.05) is 31.5 Å². The minimum atomic E-state index is -3.59. The highest BCUT2D eigenvalue weighted by Crippen LogP contribution is 2.26. The number of sulfonamides is 1. The summed E-state index contributed by atoms with van der Waals surface area (Å²) >= 11 is 5.95. The Morgan fingerprint density at radius 3 is 2.41 bits per heavy atom. The van der Waals surface area contributed by atoms with Crippen LogP contribution in [-0.4, -0.2) is 33.2 Å². The Balaban J connectivity index is 3.06. The number of carbonyl (C=O) groups excluding carboxylic acids is 1. The second kappa shape index (κ2) is 7.33. The molecule has 0 aromatic heterocycles. The molecule has 1 amide bonds. The first-order valence-electron chi connectivity index (χ1n) is 7.05. The van der Waals surface area contributed by atoms with Crippen molar-refractivity contribution >= 4 is 33.2 Å². The molecule has 0 saturated heterocycles. The molecule has 7 heteroatoms. The van der Waals surface area contributed by atoms with Gasteiger partial charge in [-0.05, 0) is 37.5 Å². The van der Waals surface area contributed by atoms with Crippen LogP contribution in [0.25, 0.3) is 0 Å². The van der Waals surface area contributed by atoms with Crippen LogP contribution in [0.4, 0.5) is 5.69 Å². The number of nitrogens with zero attached hydrogens (tertiary/aromatic N) is 1. The fraction of sp³-hybridized carbons (Fsp3) is 0.533. The number of hydrogen-bond donors (Lipinski definition) is 1. The van der Waals surface area contributed by atoms with Crippen molar-refractivity contribution in [2.75, 3.05) is 17.1 Å². The second-order valence-electron chi connectivity index (χ2n) is 5.80. The van der Waals surface area contributed by atoms with E-state index in [1.54, 1.807) is 25.1 Å². The highest BCUT2D eigenvalue weighted by molar-refractivity contribution is 7.92. The van der Waals surface area contributed by atoms with Crippen molar-refractivity contribution in [1.29, 1.82) is 0 Å². The van der Waals surface area contributed by atoms with Crippen LogP contribution in [0.3, 0.4) is 0 Å². The molecule has 1 atom stereocenters. The number of rotatable bonds is 6. The SMILES string of the molecule is Cc1ccc(Cl)cc1N(CC(=O)N[C@H](C)C(C)C)S(C)(=O)=O. The number of halogens is 1. The number of hydrogen-bond acceptors (Lipinski definition) is 3. The largest absolute Gasteiger partial charge is 0.352 e. The third kappa shape index (κ3) is 5.18. The molecule has 22 heavy (non-hydrogen) atoms. The van der Waals surface area contributed by atoms with Crippen LogP contribution in [0.2, 0.25) is 5.02 Å².